The highest BCUT2D eigenvalue weighted by atomic mass is 32.1. The van der Waals surface area contributed by atoms with Crippen molar-refractivity contribution in [2.45, 2.75) is 19.3 Å². The number of nitrogens with two attached hydrogens (primary N) is 1. The predicted octanol–water partition coefficient (Wildman–Crippen LogP) is 3.08. The summed E-state index contributed by atoms with van der Waals surface area (Å²) in [7, 11) is 1.62. The van der Waals surface area contributed by atoms with Gasteiger partial charge in [0, 0.05) is 35.3 Å². The second-order valence-electron chi connectivity index (χ2n) is 5.60. The Hall–Kier alpha value is -2.01. The normalized spacial score (nSPS) is 11.2. The van der Waals surface area contributed by atoms with Crippen molar-refractivity contribution in [3.8, 4) is 0 Å². The minimum absolute atomic E-state index is 0.0151. The van der Waals surface area contributed by atoms with E-state index < -0.39 is 0 Å². The van der Waals surface area contributed by atoms with Gasteiger partial charge in [-0.15, -0.1) is 11.3 Å². The second-order valence-corrected chi connectivity index (χ2v) is 6.55. The Morgan fingerprint density at radius 1 is 1.33 bits per heavy atom. The number of nitrogen functional groups attached to an aromatic ring is 1. The molecule has 1 heterocycles. The molecule has 21 heavy (non-hydrogen) atoms. The summed E-state index contributed by atoms with van der Waals surface area (Å²) in [5, 5.41) is 8.09. The zero-order chi connectivity index (χ0) is 15.5. The number of hydrogen-bond donors (Lipinski definition) is 3. The van der Waals surface area contributed by atoms with Gasteiger partial charge in [0.1, 0.15) is 0 Å². The number of carbonyl (C=O) groups is 1. The summed E-state index contributed by atoms with van der Waals surface area (Å²) in [4.78, 5) is 13.2. The van der Waals surface area contributed by atoms with Gasteiger partial charge in [0.2, 0.25) is 0 Å². The maximum absolute atomic E-state index is 11.9. The summed E-state index contributed by atoms with van der Waals surface area (Å²) in [6.07, 6.45) is 0. The molecule has 0 atom stereocenters. The summed E-state index contributed by atoms with van der Waals surface area (Å²) in [5.41, 5.74) is 7.82. The first-order chi connectivity index (χ1) is 9.94. The average molecular weight is 303 g/mol. The molecule has 1 amide bonds. The lowest BCUT2D eigenvalue weighted by Crippen LogP contribution is -2.28. The molecular weight excluding hydrogens is 282 g/mol. The Morgan fingerprint density at radius 2 is 2.10 bits per heavy atom. The lowest BCUT2D eigenvalue weighted by molar-refractivity contribution is 0.0964. The van der Waals surface area contributed by atoms with E-state index in [1.54, 1.807) is 36.6 Å². The molecule has 2 rings (SSSR count). The van der Waals surface area contributed by atoms with Crippen molar-refractivity contribution in [2.75, 3.05) is 24.6 Å². The molecule has 0 bridgehead atoms. The fourth-order valence-electron chi connectivity index (χ4n) is 2.11. The van der Waals surface area contributed by atoms with Gasteiger partial charge in [-0.1, -0.05) is 19.9 Å². The maximum Gasteiger partial charge on any atom is 0.253 e. The number of amides is 1. The Balaban J connectivity index is 2.20. The molecule has 4 nitrogen and oxygen atoms in total. The van der Waals surface area contributed by atoms with Gasteiger partial charge in [-0.3, -0.25) is 4.79 Å². The Bertz CT molecular complexity index is 620. The van der Waals surface area contributed by atoms with Crippen molar-refractivity contribution in [2.24, 2.45) is 0 Å². The van der Waals surface area contributed by atoms with Crippen LogP contribution in [-0.2, 0) is 5.41 Å². The van der Waals surface area contributed by atoms with Crippen LogP contribution in [0.2, 0.25) is 0 Å². The van der Waals surface area contributed by atoms with Crippen LogP contribution in [0.5, 0.6) is 0 Å². The molecule has 1 aromatic carbocycles. The van der Waals surface area contributed by atoms with Crippen LogP contribution in [0.25, 0.3) is 0 Å². The lowest BCUT2D eigenvalue weighted by atomic mass is 9.91. The van der Waals surface area contributed by atoms with Crippen LogP contribution in [0.3, 0.4) is 0 Å². The van der Waals surface area contributed by atoms with Crippen molar-refractivity contribution in [1.29, 1.82) is 0 Å². The largest absolute Gasteiger partial charge is 0.399 e. The molecular formula is C16H21N3OS. The van der Waals surface area contributed by atoms with E-state index in [4.69, 9.17) is 5.73 Å². The predicted molar refractivity (Wildman–Crippen MR) is 90.1 cm³/mol. The van der Waals surface area contributed by atoms with Crippen LogP contribution in [0, 0.1) is 0 Å². The Labute approximate surface area is 129 Å². The molecule has 0 saturated heterocycles. The molecule has 2 aromatic rings. The third-order valence-electron chi connectivity index (χ3n) is 3.42. The first kappa shape index (κ1) is 15.4. The monoisotopic (exact) mass is 303 g/mol. The fourth-order valence-corrected chi connectivity index (χ4v) is 2.96. The van der Waals surface area contributed by atoms with Crippen LogP contribution in [0.4, 0.5) is 11.4 Å². The summed E-state index contributed by atoms with van der Waals surface area (Å²) in [5.74, 6) is -0.119. The highest BCUT2D eigenvalue weighted by Crippen LogP contribution is 2.29. The van der Waals surface area contributed by atoms with Crippen LogP contribution in [0.1, 0.15) is 29.1 Å². The molecule has 0 saturated carbocycles. The minimum Gasteiger partial charge on any atom is -0.399 e. The summed E-state index contributed by atoms with van der Waals surface area (Å²) in [6, 6.07) is 9.47. The molecule has 1 aromatic heterocycles. The van der Waals surface area contributed by atoms with E-state index in [-0.39, 0.29) is 11.3 Å². The molecule has 0 fully saturated rings. The van der Waals surface area contributed by atoms with E-state index in [9.17, 15) is 4.79 Å². The number of rotatable bonds is 5. The summed E-state index contributed by atoms with van der Waals surface area (Å²) < 4.78 is 0. The van der Waals surface area contributed by atoms with Crippen molar-refractivity contribution >= 4 is 28.6 Å². The molecule has 5 heteroatoms. The molecule has 0 aliphatic heterocycles. The fraction of sp³-hybridized carbons (Fsp3) is 0.312. The van der Waals surface area contributed by atoms with E-state index in [2.05, 4.69) is 42.0 Å². The molecule has 0 radical (unpaired) electrons. The van der Waals surface area contributed by atoms with Gasteiger partial charge in [-0.2, -0.15) is 0 Å². The highest BCUT2D eigenvalue weighted by Gasteiger charge is 2.22. The van der Waals surface area contributed by atoms with Crippen LogP contribution < -0.4 is 16.4 Å². The Morgan fingerprint density at radius 3 is 2.71 bits per heavy atom. The number of anilines is 2. The highest BCUT2D eigenvalue weighted by molar-refractivity contribution is 7.10. The van der Waals surface area contributed by atoms with Crippen molar-refractivity contribution in [1.82, 2.24) is 5.32 Å². The van der Waals surface area contributed by atoms with Crippen molar-refractivity contribution < 1.29 is 4.79 Å². The van der Waals surface area contributed by atoms with E-state index in [0.29, 0.717) is 11.3 Å². The average Bonchev–Trinajstić information content (AvgIpc) is 2.99. The maximum atomic E-state index is 11.9. The van der Waals surface area contributed by atoms with E-state index in [1.165, 1.54) is 4.88 Å². The van der Waals surface area contributed by atoms with Gasteiger partial charge in [0.05, 0.1) is 5.56 Å². The van der Waals surface area contributed by atoms with Gasteiger partial charge >= 0.3 is 0 Å². The SMILES string of the molecule is CNC(=O)c1ccc(N)cc1NCC(C)(C)c1cccs1. The van der Waals surface area contributed by atoms with Gasteiger partial charge in [0.25, 0.3) is 5.91 Å². The second kappa shape index (κ2) is 6.18. The molecule has 112 valence electrons. The Kier molecular flexibility index (Phi) is 4.53. The molecule has 0 unspecified atom stereocenters. The minimum atomic E-state index is -0.119. The van der Waals surface area contributed by atoms with Gasteiger partial charge in [0.15, 0.2) is 0 Å². The molecule has 0 spiro atoms. The van der Waals surface area contributed by atoms with E-state index in [0.717, 1.165) is 12.2 Å². The number of hydrogen-bond acceptors (Lipinski definition) is 4. The first-order valence-corrected chi connectivity index (χ1v) is 7.71. The lowest BCUT2D eigenvalue weighted by Gasteiger charge is -2.25. The third-order valence-corrected chi connectivity index (χ3v) is 4.66. The zero-order valence-corrected chi connectivity index (χ0v) is 13.4. The van der Waals surface area contributed by atoms with E-state index >= 15 is 0 Å². The van der Waals surface area contributed by atoms with Gasteiger partial charge < -0.3 is 16.4 Å². The number of thiophene rings is 1. The van der Waals surface area contributed by atoms with E-state index in [1.807, 2.05) is 0 Å². The topological polar surface area (TPSA) is 67.2 Å². The van der Waals surface area contributed by atoms with Gasteiger partial charge in [-0.25, -0.2) is 0 Å². The van der Waals surface area contributed by atoms with Crippen molar-refractivity contribution in [3.05, 3.63) is 46.2 Å². The summed E-state index contributed by atoms with van der Waals surface area (Å²) >= 11 is 1.74. The van der Waals surface area contributed by atoms with Crippen LogP contribution in [0.15, 0.2) is 35.7 Å². The third kappa shape index (κ3) is 3.55. The molecule has 4 N–H and O–H groups in total. The van der Waals surface area contributed by atoms with Crippen LogP contribution in [-0.4, -0.2) is 19.5 Å². The van der Waals surface area contributed by atoms with Gasteiger partial charge in [-0.05, 0) is 29.6 Å². The smallest absolute Gasteiger partial charge is 0.253 e. The molecule has 0 aliphatic rings. The first-order valence-electron chi connectivity index (χ1n) is 6.83. The summed E-state index contributed by atoms with van der Waals surface area (Å²) in [6.45, 7) is 5.08. The quantitative estimate of drug-likeness (QED) is 0.744. The molecule has 0 aliphatic carbocycles. The zero-order valence-electron chi connectivity index (χ0n) is 12.6. The van der Waals surface area contributed by atoms with Crippen molar-refractivity contribution in [3.63, 3.8) is 0 Å². The number of benzene rings is 1. The number of carbonyl (C=O) groups excluding carboxylic acids is 1. The standard InChI is InChI=1S/C16H21N3OS/c1-16(2,14-5-4-8-21-14)10-19-13-9-11(17)6-7-12(13)15(20)18-3/h4-9,19H,10,17H2,1-3H3,(H,18,20). The number of nitrogens with one attached hydrogen (secondary N) is 2. The van der Waals surface area contributed by atoms with Crippen LogP contribution >= 0.6 is 11.3 Å².